The fourth-order valence-corrected chi connectivity index (χ4v) is 1.63. The van der Waals surface area contributed by atoms with Gasteiger partial charge in [0.2, 0.25) is 0 Å². The van der Waals surface area contributed by atoms with Crippen LogP contribution in [0.4, 0.5) is 5.69 Å². The lowest BCUT2D eigenvalue weighted by molar-refractivity contribution is 0.332. The van der Waals surface area contributed by atoms with Gasteiger partial charge < -0.3 is 10.1 Å². The van der Waals surface area contributed by atoms with Crippen LogP contribution in [-0.2, 0) is 0 Å². The Hall–Kier alpha value is -1.96. The predicted molar refractivity (Wildman–Crippen MR) is 71.6 cm³/mol. The maximum absolute atomic E-state index is 5.65. The Kier molecular flexibility index (Phi) is 4.03. The molecule has 2 aromatic rings. The Morgan fingerprint density at radius 3 is 2.59 bits per heavy atom. The second-order valence-corrected chi connectivity index (χ2v) is 3.96. The molecule has 0 heterocycles. The van der Waals surface area contributed by atoms with Crippen LogP contribution >= 0.6 is 0 Å². The van der Waals surface area contributed by atoms with E-state index in [1.54, 1.807) is 0 Å². The predicted octanol–water partition coefficient (Wildman–Crippen LogP) is 3.49. The number of hydrogen-bond acceptors (Lipinski definition) is 2. The second-order valence-electron chi connectivity index (χ2n) is 3.96. The number of rotatable bonds is 5. The minimum Gasteiger partial charge on any atom is -0.492 e. The molecule has 0 unspecified atom stereocenters. The molecule has 0 spiro atoms. The first-order valence-corrected chi connectivity index (χ1v) is 5.83. The van der Waals surface area contributed by atoms with Gasteiger partial charge in [-0.2, -0.15) is 0 Å². The molecule has 0 fully saturated rings. The number of nitrogens with one attached hydrogen (secondary N) is 1. The fraction of sp³-hybridized carbons (Fsp3) is 0.200. The lowest BCUT2D eigenvalue weighted by Crippen LogP contribution is -2.11. The molecule has 0 aliphatic rings. The van der Waals surface area contributed by atoms with Crippen molar-refractivity contribution in [3.05, 3.63) is 60.2 Å². The monoisotopic (exact) mass is 227 g/mol. The molecule has 17 heavy (non-hydrogen) atoms. The van der Waals surface area contributed by atoms with Crippen LogP contribution < -0.4 is 10.1 Å². The summed E-state index contributed by atoms with van der Waals surface area (Å²) in [6.07, 6.45) is 0. The van der Waals surface area contributed by atoms with E-state index in [1.807, 2.05) is 48.5 Å². The van der Waals surface area contributed by atoms with Gasteiger partial charge in [0.05, 0.1) is 0 Å². The van der Waals surface area contributed by atoms with E-state index in [-0.39, 0.29) is 0 Å². The van der Waals surface area contributed by atoms with E-state index in [4.69, 9.17) is 4.74 Å². The minimum atomic E-state index is 0.665. The third-order valence-electron chi connectivity index (χ3n) is 2.46. The summed E-state index contributed by atoms with van der Waals surface area (Å²) >= 11 is 0. The van der Waals surface area contributed by atoms with Gasteiger partial charge in [-0.1, -0.05) is 30.3 Å². The number of para-hydroxylation sites is 1. The molecule has 0 radical (unpaired) electrons. The molecule has 2 aromatic carbocycles. The summed E-state index contributed by atoms with van der Waals surface area (Å²) < 4.78 is 5.65. The maximum atomic E-state index is 5.65. The van der Waals surface area contributed by atoms with Crippen molar-refractivity contribution in [3.63, 3.8) is 0 Å². The molecular formula is C15H17NO. The standard InChI is InChI=1S/C15H17NO/c1-13-6-5-9-15(12-13)17-11-10-16-14-7-3-2-4-8-14/h2-9,12,16H,10-11H2,1H3. The Bertz CT molecular complexity index is 453. The highest BCUT2D eigenvalue weighted by atomic mass is 16.5. The van der Waals surface area contributed by atoms with Crippen molar-refractivity contribution in [2.24, 2.45) is 0 Å². The maximum Gasteiger partial charge on any atom is 0.119 e. The highest BCUT2D eigenvalue weighted by molar-refractivity contribution is 5.42. The quantitative estimate of drug-likeness (QED) is 0.789. The van der Waals surface area contributed by atoms with Crippen molar-refractivity contribution < 1.29 is 4.74 Å². The van der Waals surface area contributed by atoms with E-state index < -0.39 is 0 Å². The van der Waals surface area contributed by atoms with Crippen molar-refractivity contribution in [2.45, 2.75) is 6.92 Å². The minimum absolute atomic E-state index is 0.665. The zero-order valence-electron chi connectivity index (χ0n) is 10.0. The summed E-state index contributed by atoms with van der Waals surface area (Å²) in [7, 11) is 0. The van der Waals surface area contributed by atoms with Crippen LogP contribution in [0, 0.1) is 6.92 Å². The van der Waals surface area contributed by atoms with Gasteiger partial charge in [-0.25, -0.2) is 0 Å². The van der Waals surface area contributed by atoms with Gasteiger partial charge in [-0.3, -0.25) is 0 Å². The molecule has 2 heteroatoms. The molecule has 0 saturated carbocycles. The molecule has 0 bridgehead atoms. The zero-order valence-corrected chi connectivity index (χ0v) is 10.0. The third-order valence-corrected chi connectivity index (χ3v) is 2.46. The molecule has 0 saturated heterocycles. The average Bonchev–Trinajstić information content (AvgIpc) is 2.36. The summed E-state index contributed by atoms with van der Waals surface area (Å²) in [5.74, 6) is 0.930. The van der Waals surface area contributed by atoms with E-state index in [0.29, 0.717) is 6.61 Å². The molecule has 2 rings (SSSR count). The Labute approximate surface area is 102 Å². The number of benzene rings is 2. The Morgan fingerprint density at radius 1 is 1.00 bits per heavy atom. The van der Waals surface area contributed by atoms with Gasteiger partial charge in [0, 0.05) is 12.2 Å². The molecule has 2 nitrogen and oxygen atoms in total. The summed E-state index contributed by atoms with van der Waals surface area (Å²) in [5.41, 5.74) is 2.35. The van der Waals surface area contributed by atoms with E-state index in [1.165, 1.54) is 5.56 Å². The zero-order chi connectivity index (χ0) is 11.9. The van der Waals surface area contributed by atoms with Crippen LogP contribution in [0.2, 0.25) is 0 Å². The fourth-order valence-electron chi connectivity index (χ4n) is 1.63. The lowest BCUT2D eigenvalue weighted by Gasteiger charge is -2.08. The first-order chi connectivity index (χ1) is 8.34. The third kappa shape index (κ3) is 3.83. The van der Waals surface area contributed by atoms with Gasteiger partial charge in [-0.05, 0) is 36.8 Å². The SMILES string of the molecule is Cc1cccc(OCCNc2ccccc2)c1. The van der Waals surface area contributed by atoms with Gasteiger partial charge in [-0.15, -0.1) is 0 Å². The van der Waals surface area contributed by atoms with Gasteiger partial charge in [0.25, 0.3) is 0 Å². The second kappa shape index (κ2) is 5.94. The molecular weight excluding hydrogens is 210 g/mol. The van der Waals surface area contributed by atoms with Crippen LogP contribution in [-0.4, -0.2) is 13.2 Å². The van der Waals surface area contributed by atoms with Gasteiger partial charge >= 0.3 is 0 Å². The Morgan fingerprint density at radius 2 is 1.82 bits per heavy atom. The topological polar surface area (TPSA) is 21.3 Å². The number of aryl methyl sites for hydroxylation is 1. The van der Waals surface area contributed by atoms with E-state index in [0.717, 1.165) is 18.0 Å². The van der Waals surface area contributed by atoms with Crippen LogP contribution in [0.5, 0.6) is 5.75 Å². The van der Waals surface area contributed by atoms with Crippen LogP contribution in [0.3, 0.4) is 0 Å². The highest BCUT2D eigenvalue weighted by Crippen LogP contribution is 2.12. The van der Waals surface area contributed by atoms with E-state index in [2.05, 4.69) is 18.3 Å². The Balaban J connectivity index is 1.73. The first kappa shape index (κ1) is 11.5. The van der Waals surface area contributed by atoms with Gasteiger partial charge in [0.1, 0.15) is 12.4 Å². The molecule has 0 atom stereocenters. The number of anilines is 1. The smallest absolute Gasteiger partial charge is 0.119 e. The van der Waals surface area contributed by atoms with Crippen molar-refractivity contribution in [2.75, 3.05) is 18.5 Å². The van der Waals surface area contributed by atoms with Gasteiger partial charge in [0.15, 0.2) is 0 Å². The van der Waals surface area contributed by atoms with Crippen molar-refractivity contribution >= 4 is 5.69 Å². The molecule has 0 aromatic heterocycles. The van der Waals surface area contributed by atoms with Crippen LogP contribution in [0.15, 0.2) is 54.6 Å². The van der Waals surface area contributed by atoms with E-state index in [9.17, 15) is 0 Å². The van der Waals surface area contributed by atoms with Crippen molar-refractivity contribution in [1.82, 2.24) is 0 Å². The van der Waals surface area contributed by atoms with Crippen molar-refractivity contribution in [3.8, 4) is 5.75 Å². The summed E-state index contributed by atoms with van der Waals surface area (Å²) in [4.78, 5) is 0. The van der Waals surface area contributed by atoms with Crippen LogP contribution in [0.1, 0.15) is 5.56 Å². The molecule has 1 N–H and O–H groups in total. The largest absolute Gasteiger partial charge is 0.492 e. The highest BCUT2D eigenvalue weighted by Gasteiger charge is 1.94. The average molecular weight is 227 g/mol. The normalized spacial score (nSPS) is 9.94. The summed E-state index contributed by atoms with van der Waals surface area (Å²) in [6, 6.07) is 18.2. The van der Waals surface area contributed by atoms with Crippen LogP contribution in [0.25, 0.3) is 0 Å². The molecule has 0 aliphatic carbocycles. The summed E-state index contributed by atoms with van der Waals surface area (Å²) in [6.45, 7) is 3.53. The number of hydrogen-bond donors (Lipinski definition) is 1. The lowest BCUT2D eigenvalue weighted by atomic mass is 10.2. The first-order valence-electron chi connectivity index (χ1n) is 5.83. The molecule has 0 aliphatic heterocycles. The molecule has 88 valence electrons. The summed E-state index contributed by atoms with van der Waals surface area (Å²) in [5, 5.41) is 3.30. The van der Waals surface area contributed by atoms with E-state index >= 15 is 0 Å². The van der Waals surface area contributed by atoms with Crippen molar-refractivity contribution in [1.29, 1.82) is 0 Å². The molecule has 0 amide bonds. The number of ether oxygens (including phenoxy) is 1.